The van der Waals surface area contributed by atoms with Crippen molar-refractivity contribution < 1.29 is 22.7 Å². The fourth-order valence-corrected chi connectivity index (χ4v) is 2.88. The summed E-state index contributed by atoms with van der Waals surface area (Å²) in [4.78, 5) is 11.4. The van der Waals surface area contributed by atoms with Crippen LogP contribution in [0.4, 0.5) is 5.69 Å². The second-order valence-electron chi connectivity index (χ2n) is 3.98. The minimum atomic E-state index is -3.81. The molecule has 0 radical (unpaired) electrons. The Balaban J connectivity index is 2.33. The Morgan fingerprint density at radius 2 is 2.15 bits per heavy atom. The minimum Gasteiger partial charge on any atom is -0.497 e. The summed E-state index contributed by atoms with van der Waals surface area (Å²) in [5, 5.41) is 2.81. The van der Waals surface area contributed by atoms with E-state index in [2.05, 4.69) is 9.71 Å². The Bertz CT molecular complexity index is 666. The molecule has 0 amide bonds. The molecule has 1 aromatic rings. The molecule has 0 saturated carbocycles. The molecule has 20 heavy (non-hydrogen) atoms. The molecule has 0 bridgehead atoms. The van der Waals surface area contributed by atoms with E-state index in [0.29, 0.717) is 11.4 Å². The van der Waals surface area contributed by atoms with Crippen molar-refractivity contribution in [2.45, 2.75) is 18.2 Å². The zero-order chi connectivity index (χ0) is 14.8. The zero-order valence-corrected chi connectivity index (χ0v) is 11.9. The summed E-state index contributed by atoms with van der Waals surface area (Å²) in [7, 11) is -2.34. The fraction of sp³-hybridized carbons (Fsp3) is 0.333. The number of carbonyl (C=O) groups is 1. The standard InChI is InChI=1S/C12H14N2O5S/c1-3-19-12(15)7-11-13-9-6-8(18-2)4-5-10(9)20(16,17)14-11/h4-6H,3,7H2,1-2H3,(H,13,14). The van der Waals surface area contributed by atoms with Gasteiger partial charge in [0.1, 0.15) is 22.9 Å². The maximum Gasteiger partial charge on any atom is 0.313 e. The largest absolute Gasteiger partial charge is 0.497 e. The third kappa shape index (κ3) is 2.90. The average Bonchev–Trinajstić information content (AvgIpc) is 2.37. The second-order valence-corrected chi connectivity index (χ2v) is 5.55. The van der Waals surface area contributed by atoms with Gasteiger partial charge in [-0.05, 0) is 19.1 Å². The van der Waals surface area contributed by atoms with E-state index in [0.717, 1.165) is 0 Å². The molecule has 0 spiro atoms. The van der Waals surface area contributed by atoms with E-state index < -0.39 is 16.0 Å². The predicted molar refractivity (Wildman–Crippen MR) is 72.5 cm³/mol. The van der Waals surface area contributed by atoms with Crippen molar-refractivity contribution >= 4 is 27.5 Å². The van der Waals surface area contributed by atoms with Crippen LogP contribution in [0.1, 0.15) is 13.3 Å². The van der Waals surface area contributed by atoms with Gasteiger partial charge in [-0.2, -0.15) is 8.42 Å². The smallest absolute Gasteiger partial charge is 0.313 e. The number of hydrogen-bond donors (Lipinski definition) is 1. The van der Waals surface area contributed by atoms with Crippen LogP contribution in [0.15, 0.2) is 27.5 Å². The van der Waals surface area contributed by atoms with Crippen LogP contribution >= 0.6 is 0 Å². The quantitative estimate of drug-likeness (QED) is 0.838. The Morgan fingerprint density at radius 3 is 2.80 bits per heavy atom. The number of nitrogens with one attached hydrogen (secondary N) is 1. The van der Waals surface area contributed by atoms with Crippen molar-refractivity contribution in [3.63, 3.8) is 0 Å². The number of esters is 1. The van der Waals surface area contributed by atoms with E-state index >= 15 is 0 Å². The summed E-state index contributed by atoms with van der Waals surface area (Å²) >= 11 is 0. The first-order chi connectivity index (χ1) is 9.46. The van der Waals surface area contributed by atoms with Gasteiger partial charge in [-0.1, -0.05) is 0 Å². The first-order valence-corrected chi connectivity index (χ1v) is 7.35. The molecule has 1 aliphatic rings. The number of anilines is 1. The van der Waals surface area contributed by atoms with Crippen molar-refractivity contribution in [2.24, 2.45) is 4.40 Å². The number of nitrogens with zero attached hydrogens (tertiary/aromatic N) is 1. The number of sulfonamides is 1. The van der Waals surface area contributed by atoms with Gasteiger partial charge in [-0.15, -0.1) is 4.40 Å². The van der Waals surface area contributed by atoms with Gasteiger partial charge >= 0.3 is 5.97 Å². The van der Waals surface area contributed by atoms with E-state index in [1.165, 1.54) is 25.3 Å². The van der Waals surface area contributed by atoms with Crippen LogP contribution in [0.2, 0.25) is 0 Å². The van der Waals surface area contributed by atoms with Gasteiger partial charge in [0.25, 0.3) is 10.0 Å². The maximum absolute atomic E-state index is 12.0. The number of carbonyl (C=O) groups excluding carboxylic acids is 1. The molecule has 8 heteroatoms. The SMILES string of the molecule is CCOC(=O)CC1=NS(=O)(=O)c2ccc(OC)cc2N1. The van der Waals surface area contributed by atoms with Crippen LogP contribution in [0, 0.1) is 0 Å². The van der Waals surface area contributed by atoms with Crippen LogP contribution in [0.3, 0.4) is 0 Å². The zero-order valence-electron chi connectivity index (χ0n) is 11.0. The summed E-state index contributed by atoms with van der Waals surface area (Å²) in [5.74, 6) is -0.00617. The number of rotatable bonds is 4. The van der Waals surface area contributed by atoms with Gasteiger partial charge in [0.15, 0.2) is 0 Å². The average molecular weight is 298 g/mol. The van der Waals surface area contributed by atoms with Gasteiger partial charge < -0.3 is 14.8 Å². The molecule has 0 aliphatic carbocycles. The lowest BCUT2D eigenvalue weighted by molar-refractivity contribution is -0.141. The number of methoxy groups -OCH3 is 1. The normalized spacial score (nSPS) is 15.6. The highest BCUT2D eigenvalue weighted by Crippen LogP contribution is 2.31. The highest BCUT2D eigenvalue weighted by Gasteiger charge is 2.26. The third-order valence-corrected chi connectivity index (χ3v) is 3.96. The first-order valence-electron chi connectivity index (χ1n) is 5.91. The molecule has 7 nitrogen and oxygen atoms in total. The van der Waals surface area contributed by atoms with Crippen molar-refractivity contribution in [1.82, 2.24) is 0 Å². The summed E-state index contributed by atoms with van der Waals surface area (Å²) in [6.45, 7) is 1.90. The molecule has 1 aromatic carbocycles. The Hall–Kier alpha value is -2.09. The van der Waals surface area contributed by atoms with Gasteiger partial charge in [-0.25, -0.2) is 0 Å². The summed E-state index contributed by atoms with van der Waals surface area (Å²) in [6, 6.07) is 4.47. The second kappa shape index (κ2) is 5.49. The maximum atomic E-state index is 12.0. The van der Waals surface area contributed by atoms with Crippen molar-refractivity contribution in [2.75, 3.05) is 19.0 Å². The van der Waals surface area contributed by atoms with Gasteiger partial charge in [0.05, 0.1) is 19.4 Å². The molecule has 0 saturated heterocycles. The molecule has 1 aliphatic heterocycles. The van der Waals surface area contributed by atoms with E-state index in [9.17, 15) is 13.2 Å². The number of fused-ring (bicyclic) bond motifs is 1. The highest BCUT2D eigenvalue weighted by atomic mass is 32.2. The highest BCUT2D eigenvalue weighted by molar-refractivity contribution is 7.90. The minimum absolute atomic E-state index is 0.0317. The number of hydrogen-bond acceptors (Lipinski definition) is 6. The Morgan fingerprint density at radius 1 is 1.40 bits per heavy atom. The van der Waals surface area contributed by atoms with Crippen LogP contribution < -0.4 is 10.1 Å². The van der Waals surface area contributed by atoms with E-state index in [1.807, 2.05) is 0 Å². The molecular weight excluding hydrogens is 284 g/mol. The van der Waals surface area contributed by atoms with Crippen molar-refractivity contribution in [3.8, 4) is 5.75 Å². The molecule has 0 atom stereocenters. The topological polar surface area (TPSA) is 94.1 Å². The lowest BCUT2D eigenvalue weighted by Crippen LogP contribution is -2.24. The molecule has 0 unspecified atom stereocenters. The van der Waals surface area contributed by atoms with Crippen LogP contribution in [0.25, 0.3) is 0 Å². The molecule has 108 valence electrons. The molecule has 1 heterocycles. The summed E-state index contributed by atoms with van der Waals surface area (Å²) < 4.78 is 37.4. The first kappa shape index (κ1) is 14.3. The third-order valence-electron chi connectivity index (χ3n) is 2.59. The van der Waals surface area contributed by atoms with Crippen molar-refractivity contribution in [1.29, 1.82) is 0 Å². The van der Waals surface area contributed by atoms with Gasteiger partial charge in [-0.3, -0.25) is 4.79 Å². The Kier molecular flexibility index (Phi) is 3.93. The lowest BCUT2D eigenvalue weighted by Gasteiger charge is -2.18. The van der Waals surface area contributed by atoms with Gasteiger partial charge in [0, 0.05) is 6.07 Å². The number of amidine groups is 1. The monoisotopic (exact) mass is 298 g/mol. The number of benzene rings is 1. The van der Waals surface area contributed by atoms with E-state index in [1.54, 1.807) is 6.92 Å². The van der Waals surface area contributed by atoms with Gasteiger partial charge in [0.2, 0.25) is 0 Å². The van der Waals surface area contributed by atoms with Crippen LogP contribution in [-0.4, -0.2) is 33.9 Å². The van der Waals surface area contributed by atoms with E-state index in [4.69, 9.17) is 9.47 Å². The fourth-order valence-electron chi connectivity index (χ4n) is 1.76. The summed E-state index contributed by atoms with van der Waals surface area (Å²) in [5.41, 5.74) is 0.332. The molecule has 0 fully saturated rings. The Labute approximate surface area is 116 Å². The molecule has 1 N–H and O–H groups in total. The molecular formula is C12H14N2O5S. The van der Waals surface area contributed by atoms with E-state index in [-0.39, 0.29) is 23.8 Å². The van der Waals surface area contributed by atoms with Crippen LogP contribution in [0.5, 0.6) is 5.75 Å². The molecule has 0 aromatic heterocycles. The summed E-state index contributed by atoms with van der Waals surface area (Å²) in [6.07, 6.45) is -0.232. The van der Waals surface area contributed by atoms with Crippen molar-refractivity contribution in [3.05, 3.63) is 18.2 Å². The molecule has 2 rings (SSSR count). The van der Waals surface area contributed by atoms with Crippen LogP contribution in [-0.2, 0) is 19.6 Å². The predicted octanol–water partition coefficient (Wildman–Crippen LogP) is 1.16. The lowest BCUT2D eigenvalue weighted by atomic mass is 10.2. The number of ether oxygens (including phenoxy) is 2.